The van der Waals surface area contributed by atoms with Gasteiger partial charge in [-0.05, 0) is 23.8 Å². The van der Waals surface area contributed by atoms with Crippen molar-refractivity contribution in [3.8, 4) is 0 Å². The lowest BCUT2D eigenvalue weighted by Gasteiger charge is -2.08. The molecule has 1 amide bonds. The molecule has 0 aliphatic rings. The van der Waals surface area contributed by atoms with Crippen molar-refractivity contribution in [2.24, 2.45) is 0 Å². The lowest BCUT2D eigenvalue weighted by molar-refractivity contribution is -0.114. The third-order valence-corrected chi connectivity index (χ3v) is 2.55. The molecule has 4 nitrogen and oxygen atoms in total. The van der Waals surface area contributed by atoms with Crippen LogP contribution in [0.1, 0.15) is 12.5 Å². The normalized spacial score (nSPS) is 10.2. The van der Waals surface area contributed by atoms with Gasteiger partial charge in [0.15, 0.2) is 0 Å². The molecule has 0 aliphatic carbocycles. The van der Waals surface area contributed by atoms with Gasteiger partial charge in [-0.2, -0.15) is 0 Å². The van der Waals surface area contributed by atoms with Crippen LogP contribution >= 0.6 is 0 Å². The van der Waals surface area contributed by atoms with E-state index < -0.39 is 5.82 Å². The fraction of sp³-hybridized carbons (Fsp3) is 0.143. The van der Waals surface area contributed by atoms with Crippen LogP contribution in [0.2, 0.25) is 0 Å². The maximum Gasteiger partial charge on any atom is 0.251 e. The van der Waals surface area contributed by atoms with Crippen molar-refractivity contribution in [3.63, 3.8) is 0 Å². The topological polar surface area (TPSA) is 51.1 Å². The average Bonchev–Trinajstić information content (AvgIpc) is 2.33. The van der Waals surface area contributed by atoms with Crippen LogP contribution in [-0.2, 0) is 11.3 Å². The van der Waals surface area contributed by atoms with Crippen molar-refractivity contribution in [1.29, 1.82) is 0 Å². The van der Waals surface area contributed by atoms with Gasteiger partial charge in [0.1, 0.15) is 5.82 Å². The Morgan fingerprint density at radius 1 is 1.32 bits per heavy atom. The largest absolute Gasteiger partial charge is 0.326 e. The number of amides is 1. The number of aromatic nitrogens is 1. The predicted octanol–water partition coefficient (Wildman–Crippen LogP) is 1.99. The molecule has 0 fully saturated rings. The molecule has 98 valence electrons. The number of hydrogen-bond acceptors (Lipinski definition) is 2. The number of benzene rings is 1. The molecule has 2 rings (SSSR count). The van der Waals surface area contributed by atoms with Crippen LogP contribution in [0.4, 0.5) is 10.1 Å². The number of nitrogens with one attached hydrogen (secondary N) is 1. The van der Waals surface area contributed by atoms with Crippen LogP contribution in [0.5, 0.6) is 0 Å². The summed E-state index contributed by atoms with van der Waals surface area (Å²) < 4.78 is 14.4. The van der Waals surface area contributed by atoms with Crippen LogP contribution < -0.4 is 10.9 Å². The van der Waals surface area contributed by atoms with Crippen molar-refractivity contribution < 1.29 is 9.18 Å². The van der Waals surface area contributed by atoms with Gasteiger partial charge >= 0.3 is 0 Å². The van der Waals surface area contributed by atoms with Gasteiger partial charge < -0.3 is 9.88 Å². The van der Waals surface area contributed by atoms with E-state index in [9.17, 15) is 14.0 Å². The standard InChI is InChI=1S/C14H13FN2O2/c1-10(18)16-13-4-2-3-11(7-13)8-17-9-12(15)5-6-14(17)19/h2-7,9H,8H2,1H3,(H,16,18). The summed E-state index contributed by atoms with van der Waals surface area (Å²) in [5.74, 6) is -0.627. The summed E-state index contributed by atoms with van der Waals surface area (Å²) in [7, 11) is 0. The summed E-state index contributed by atoms with van der Waals surface area (Å²) in [6.45, 7) is 1.67. The number of rotatable bonds is 3. The second-order valence-electron chi connectivity index (χ2n) is 4.20. The molecule has 0 saturated carbocycles. The molecule has 1 aromatic heterocycles. The van der Waals surface area contributed by atoms with Crippen molar-refractivity contribution in [1.82, 2.24) is 4.57 Å². The highest BCUT2D eigenvalue weighted by atomic mass is 19.1. The molecule has 5 heteroatoms. The Hall–Kier alpha value is -2.43. The first-order valence-electron chi connectivity index (χ1n) is 5.77. The lowest BCUT2D eigenvalue weighted by Crippen LogP contribution is -2.19. The summed E-state index contributed by atoms with van der Waals surface area (Å²) in [6, 6.07) is 9.39. The second kappa shape index (κ2) is 5.48. The van der Waals surface area contributed by atoms with E-state index in [1.165, 1.54) is 17.6 Å². The van der Waals surface area contributed by atoms with Crippen molar-refractivity contribution in [2.75, 3.05) is 5.32 Å². The number of pyridine rings is 1. The van der Waals surface area contributed by atoms with Gasteiger partial charge in [-0.25, -0.2) is 4.39 Å². The van der Waals surface area contributed by atoms with Gasteiger partial charge in [-0.3, -0.25) is 9.59 Å². The first-order chi connectivity index (χ1) is 9.04. The molecule has 19 heavy (non-hydrogen) atoms. The first kappa shape index (κ1) is 13.0. The van der Waals surface area contributed by atoms with Gasteiger partial charge in [0.2, 0.25) is 5.91 Å². The molecule has 2 aromatic rings. The zero-order valence-corrected chi connectivity index (χ0v) is 10.4. The Kier molecular flexibility index (Phi) is 3.75. The van der Waals surface area contributed by atoms with Crippen LogP contribution in [-0.4, -0.2) is 10.5 Å². The summed E-state index contributed by atoms with van der Waals surface area (Å²) in [4.78, 5) is 22.5. The smallest absolute Gasteiger partial charge is 0.251 e. The Morgan fingerprint density at radius 2 is 2.11 bits per heavy atom. The zero-order chi connectivity index (χ0) is 13.8. The molecule has 0 radical (unpaired) electrons. The highest BCUT2D eigenvalue weighted by molar-refractivity contribution is 5.88. The van der Waals surface area contributed by atoms with Gasteiger partial charge in [0, 0.05) is 24.9 Å². The van der Waals surface area contributed by atoms with Gasteiger partial charge in [0.25, 0.3) is 5.56 Å². The van der Waals surface area contributed by atoms with E-state index in [1.54, 1.807) is 18.2 Å². The number of nitrogens with zero attached hydrogens (tertiary/aromatic N) is 1. The number of anilines is 1. The monoisotopic (exact) mass is 260 g/mol. The Balaban J connectivity index is 2.25. The molecule has 0 saturated heterocycles. The molecular formula is C14H13FN2O2. The van der Waals surface area contributed by atoms with Crippen LogP contribution in [0.15, 0.2) is 47.4 Å². The average molecular weight is 260 g/mol. The molecule has 0 atom stereocenters. The second-order valence-corrected chi connectivity index (χ2v) is 4.20. The Morgan fingerprint density at radius 3 is 2.84 bits per heavy atom. The van der Waals surface area contributed by atoms with E-state index in [1.807, 2.05) is 6.07 Å². The summed E-state index contributed by atoms with van der Waals surface area (Å²) >= 11 is 0. The van der Waals surface area contributed by atoms with Crippen LogP contribution in [0, 0.1) is 5.82 Å². The van der Waals surface area contributed by atoms with Crippen molar-refractivity contribution in [2.45, 2.75) is 13.5 Å². The van der Waals surface area contributed by atoms with Gasteiger partial charge in [-0.1, -0.05) is 12.1 Å². The fourth-order valence-electron chi connectivity index (χ4n) is 1.77. The van der Waals surface area contributed by atoms with E-state index in [0.29, 0.717) is 5.69 Å². The van der Waals surface area contributed by atoms with E-state index in [0.717, 1.165) is 17.8 Å². The maximum atomic E-state index is 13.1. The van der Waals surface area contributed by atoms with E-state index in [2.05, 4.69) is 5.32 Å². The highest BCUT2D eigenvalue weighted by Gasteiger charge is 2.02. The molecule has 1 aromatic carbocycles. The van der Waals surface area contributed by atoms with Gasteiger partial charge in [-0.15, -0.1) is 0 Å². The molecule has 0 unspecified atom stereocenters. The number of halogens is 1. The first-order valence-corrected chi connectivity index (χ1v) is 5.77. The summed E-state index contributed by atoms with van der Waals surface area (Å²) in [6.07, 6.45) is 1.16. The van der Waals surface area contributed by atoms with Crippen molar-refractivity contribution in [3.05, 3.63) is 64.3 Å². The maximum absolute atomic E-state index is 13.1. The van der Waals surface area contributed by atoms with Crippen LogP contribution in [0.3, 0.4) is 0 Å². The van der Waals surface area contributed by atoms with E-state index in [-0.39, 0.29) is 18.0 Å². The lowest BCUT2D eigenvalue weighted by atomic mass is 10.2. The number of carbonyl (C=O) groups is 1. The Bertz CT molecular complexity index is 664. The minimum absolute atomic E-state index is 0.167. The third-order valence-electron chi connectivity index (χ3n) is 2.55. The number of hydrogen-bond donors (Lipinski definition) is 1. The molecule has 1 N–H and O–H groups in total. The third kappa shape index (κ3) is 3.51. The molecule has 0 spiro atoms. The Labute approximate surface area is 109 Å². The van der Waals surface area contributed by atoms with Gasteiger partial charge in [0.05, 0.1) is 6.54 Å². The zero-order valence-electron chi connectivity index (χ0n) is 10.4. The molecule has 0 bridgehead atoms. The highest BCUT2D eigenvalue weighted by Crippen LogP contribution is 2.11. The fourth-order valence-corrected chi connectivity index (χ4v) is 1.77. The van der Waals surface area contributed by atoms with E-state index in [4.69, 9.17) is 0 Å². The molecular weight excluding hydrogens is 247 g/mol. The minimum Gasteiger partial charge on any atom is -0.326 e. The quantitative estimate of drug-likeness (QED) is 0.917. The summed E-state index contributed by atoms with van der Waals surface area (Å²) in [5, 5.41) is 2.66. The minimum atomic E-state index is -0.461. The SMILES string of the molecule is CC(=O)Nc1cccc(Cn2cc(F)ccc2=O)c1. The van der Waals surface area contributed by atoms with Crippen LogP contribution in [0.25, 0.3) is 0 Å². The summed E-state index contributed by atoms with van der Waals surface area (Å²) in [5.41, 5.74) is 1.18. The molecule has 1 heterocycles. The predicted molar refractivity (Wildman–Crippen MR) is 70.5 cm³/mol. The molecule has 0 aliphatic heterocycles. The number of carbonyl (C=O) groups excluding carboxylic acids is 1. The van der Waals surface area contributed by atoms with Crippen molar-refractivity contribution >= 4 is 11.6 Å². The van der Waals surface area contributed by atoms with E-state index >= 15 is 0 Å².